The van der Waals surface area contributed by atoms with Crippen molar-refractivity contribution in [2.24, 2.45) is 0 Å². The molecule has 1 N–H and O–H groups in total. The first-order chi connectivity index (χ1) is 14.1. The summed E-state index contributed by atoms with van der Waals surface area (Å²) in [6.07, 6.45) is 1.64. The lowest BCUT2D eigenvalue weighted by Gasteiger charge is -2.13. The zero-order valence-electron chi connectivity index (χ0n) is 16.8. The van der Waals surface area contributed by atoms with Crippen LogP contribution in [0.2, 0.25) is 0 Å². The molecular formula is C25H25NO3. The van der Waals surface area contributed by atoms with Crippen molar-refractivity contribution < 1.29 is 14.3 Å². The van der Waals surface area contributed by atoms with Crippen molar-refractivity contribution in [1.82, 2.24) is 0 Å². The number of carbonyl (C=O) groups is 2. The second kappa shape index (κ2) is 9.69. The average molecular weight is 387 g/mol. The van der Waals surface area contributed by atoms with Crippen molar-refractivity contribution in [2.45, 2.75) is 26.7 Å². The van der Waals surface area contributed by atoms with Gasteiger partial charge in [0, 0.05) is 11.3 Å². The number of benzene rings is 3. The lowest BCUT2D eigenvalue weighted by Crippen LogP contribution is -2.16. The van der Waals surface area contributed by atoms with E-state index in [0.29, 0.717) is 23.4 Å². The third-order valence-corrected chi connectivity index (χ3v) is 4.78. The highest BCUT2D eigenvalue weighted by Crippen LogP contribution is 2.20. The average Bonchev–Trinajstić information content (AvgIpc) is 2.75. The predicted octanol–water partition coefficient (Wildman–Crippen LogP) is 5.21. The smallest absolute Gasteiger partial charge is 0.338 e. The Morgan fingerprint density at radius 2 is 1.62 bits per heavy atom. The first-order valence-electron chi connectivity index (χ1n) is 9.79. The SMILES string of the molecule is CCOC(=O)c1ccc(C)c(NC(=O)c2ccccc2CCc2ccccc2)c1. The molecular weight excluding hydrogens is 362 g/mol. The van der Waals surface area contributed by atoms with Crippen LogP contribution in [0, 0.1) is 6.92 Å². The van der Waals surface area contributed by atoms with E-state index >= 15 is 0 Å². The third kappa shape index (κ3) is 5.32. The molecule has 0 aliphatic rings. The number of esters is 1. The van der Waals surface area contributed by atoms with Crippen LogP contribution in [0.5, 0.6) is 0 Å². The first-order valence-corrected chi connectivity index (χ1v) is 9.79. The number of carbonyl (C=O) groups excluding carboxylic acids is 2. The van der Waals surface area contributed by atoms with Crippen LogP contribution < -0.4 is 5.32 Å². The minimum atomic E-state index is -0.397. The minimum Gasteiger partial charge on any atom is -0.462 e. The summed E-state index contributed by atoms with van der Waals surface area (Å²) in [4.78, 5) is 25.0. The Kier molecular flexibility index (Phi) is 6.80. The highest BCUT2D eigenvalue weighted by molar-refractivity contribution is 6.06. The summed E-state index contributed by atoms with van der Waals surface area (Å²) in [5.41, 5.74) is 4.79. The molecule has 0 unspecified atom stereocenters. The molecule has 0 saturated carbocycles. The van der Waals surface area contributed by atoms with Gasteiger partial charge in [0.05, 0.1) is 12.2 Å². The van der Waals surface area contributed by atoms with Gasteiger partial charge in [-0.3, -0.25) is 4.79 Å². The molecule has 0 heterocycles. The summed E-state index contributed by atoms with van der Waals surface area (Å²) in [5, 5.41) is 2.96. The number of nitrogens with one attached hydrogen (secondary N) is 1. The Bertz CT molecular complexity index is 996. The second-order valence-electron chi connectivity index (χ2n) is 6.85. The number of aryl methyl sites for hydroxylation is 3. The van der Waals surface area contributed by atoms with Gasteiger partial charge < -0.3 is 10.1 Å². The molecule has 0 spiro atoms. The molecule has 4 nitrogen and oxygen atoms in total. The van der Waals surface area contributed by atoms with Crippen LogP contribution >= 0.6 is 0 Å². The maximum Gasteiger partial charge on any atom is 0.338 e. The van der Waals surface area contributed by atoms with Gasteiger partial charge in [0.25, 0.3) is 5.91 Å². The Morgan fingerprint density at radius 3 is 2.38 bits per heavy atom. The molecule has 0 aromatic heterocycles. The van der Waals surface area contributed by atoms with Crippen molar-refractivity contribution in [3.63, 3.8) is 0 Å². The topological polar surface area (TPSA) is 55.4 Å². The number of rotatable bonds is 7. The van der Waals surface area contributed by atoms with E-state index in [1.54, 1.807) is 19.1 Å². The lowest BCUT2D eigenvalue weighted by molar-refractivity contribution is 0.0526. The molecule has 0 saturated heterocycles. The Morgan fingerprint density at radius 1 is 0.897 bits per heavy atom. The lowest BCUT2D eigenvalue weighted by atomic mass is 9.99. The molecule has 3 aromatic carbocycles. The molecule has 0 radical (unpaired) electrons. The predicted molar refractivity (Wildman–Crippen MR) is 115 cm³/mol. The summed E-state index contributed by atoms with van der Waals surface area (Å²) in [6.45, 7) is 3.97. The van der Waals surface area contributed by atoms with Crippen LogP contribution in [-0.4, -0.2) is 18.5 Å². The Labute approximate surface area is 171 Å². The molecule has 0 fully saturated rings. The molecule has 148 valence electrons. The molecule has 0 aliphatic carbocycles. The van der Waals surface area contributed by atoms with Crippen LogP contribution in [0.15, 0.2) is 72.8 Å². The Hall–Kier alpha value is -3.40. The van der Waals surface area contributed by atoms with Gasteiger partial charge in [-0.15, -0.1) is 0 Å². The third-order valence-electron chi connectivity index (χ3n) is 4.78. The molecule has 0 aliphatic heterocycles. The van der Waals surface area contributed by atoms with Crippen LogP contribution in [-0.2, 0) is 17.6 Å². The van der Waals surface area contributed by atoms with Crippen LogP contribution in [0.3, 0.4) is 0 Å². The van der Waals surface area contributed by atoms with E-state index in [1.807, 2.05) is 55.5 Å². The van der Waals surface area contributed by atoms with E-state index in [-0.39, 0.29) is 5.91 Å². The monoisotopic (exact) mass is 387 g/mol. The second-order valence-corrected chi connectivity index (χ2v) is 6.85. The van der Waals surface area contributed by atoms with Gasteiger partial charge >= 0.3 is 5.97 Å². The van der Waals surface area contributed by atoms with Crippen LogP contribution in [0.25, 0.3) is 0 Å². The number of hydrogen-bond donors (Lipinski definition) is 1. The standard InChI is InChI=1S/C25H25NO3/c1-3-29-25(28)21-15-13-18(2)23(17-21)26-24(27)22-12-8-7-11-20(22)16-14-19-9-5-4-6-10-19/h4-13,15,17H,3,14,16H2,1-2H3,(H,26,27). The quantitative estimate of drug-likeness (QED) is 0.566. The summed E-state index contributed by atoms with van der Waals surface area (Å²) < 4.78 is 5.05. The van der Waals surface area contributed by atoms with Gasteiger partial charge in [-0.2, -0.15) is 0 Å². The van der Waals surface area contributed by atoms with Crippen LogP contribution in [0.1, 0.15) is 44.3 Å². The van der Waals surface area contributed by atoms with Crippen molar-refractivity contribution in [3.8, 4) is 0 Å². The normalized spacial score (nSPS) is 10.4. The van der Waals surface area contributed by atoms with E-state index < -0.39 is 5.97 Å². The largest absolute Gasteiger partial charge is 0.462 e. The molecule has 0 atom stereocenters. The number of amides is 1. The van der Waals surface area contributed by atoms with Crippen molar-refractivity contribution in [2.75, 3.05) is 11.9 Å². The minimum absolute atomic E-state index is 0.183. The maximum atomic E-state index is 13.0. The maximum absolute atomic E-state index is 13.0. The van der Waals surface area contributed by atoms with Gasteiger partial charge in [-0.05, 0) is 61.6 Å². The van der Waals surface area contributed by atoms with Gasteiger partial charge in [-0.25, -0.2) is 4.79 Å². The van der Waals surface area contributed by atoms with Crippen molar-refractivity contribution >= 4 is 17.6 Å². The Balaban J connectivity index is 1.77. The highest BCUT2D eigenvalue weighted by Gasteiger charge is 2.14. The fourth-order valence-corrected chi connectivity index (χ4v) is 3.17. The molecule has 29 heavy (non-hydrogen) atoms. The van der Waals surface area contributed by atoms with Gasteiger partial charge in [0.2, 0.25) is 0 Å². The van der Waals surface area contributed by atoms with Crippen molar-refractivity contribution in [3.05, 3.63) is 101 Å². The zero-order valence-corrected chi connectivity index (χ0v) is 16.8. The summed E-state index contributed by atoms with van der Waals surface area (Å²) in [5.74, 6) is -0.580. The first kappa shape index (κ1) is 20.3. The number of anilines is 1. The number of ether oxygens (including phenoxy) is 1. The van der Waals surface area contributed by atoms with Gasteiger partial charge in [0.15, 0.2) is 0 Å². The highest BCUT2D eigenvalue weighted by atomic mass is 16.5. The van der Waals surface area contributed by atoms with E-state index in [0.717, 1.165) is 24.0 Å². The molecule has 1 amide bonds. The number of hydrogen-bond acceptors (Lipinski definition) is 3. The molecule has 4 heteroatoms. The molecule has 3 rings (SSSR count). The van der Waals surface area contributed by atoms with Gasteiger partial charge in [-0.1, -0.05) is 54.6 Å². The summed E-state index contributed by atoms with van der Waals surface area (Å²) in [6, 6.07) is 23.0. The molecule has 0 bridgehead atoms. The van der Waals surface area contributed by atoms with Crippen LogP contribution in [0.4, 0.5) is 5.69 Å². The van der Waals surface area contributed by atoms with Crippen molar-refractivity contribution in [1.29, 1.82) is 0 Å². The zero-order chi connectivity index (χ0) is 20.6. The van der Waals surface area contributed by atoms with E-state index in [2.05, 4.69) is 17.4 Å². The fraction of sp³-hybridized carbons (Fsp3) is 0.200. The van der Waals surface area contributed by atoms with E-state index in [9.17, 15) is 9.59 Å². The van der Waals surface area contributed by atoms with Gasteiger partial charge in [0.1, 0.15) is 0 Å². The van der Waals surface area contributed by atoms with E-state index in [1.165, 1.54) is 5.56 Å². The molecule has 3 aromatic rings. The summed E-state index contributed by atoms with van der Waals surface area (Å²) in [7, 11) is 0. The van der Waals surface area contributed by atoms with E-state index in [4.69, 9.17) is 4.74 Å². The summed E-state index contributed by atoms with van der Waals surface area (Å²) >= 11 is 0. The fourth-order valence-electron chi connectivity index (χ4n) is 3.17.